The van der Waals surface area contributed by atoms with Crippen molar-refractivity contribution in [2.24, 2.45) is 0 Å². The molecule has 16 rings (SSSR count). The van der Waals surface area contributed by atoms with E-state index < -0.39 is 65.0 Å². The van der Waals surface area contributed by atoms with Crippen molar-refractivity contribution in [1.29, 1.82) is 0 Å². The minimum Gasteiger partial charge on any atom is -0.481 e. The number of anilines is 6. The van der Waals surface area contributed by atoms with Crippen molar-refractivity contribution < 1.29 is 85.9 Å². The normalized spacial score (nSPS) is 19.4. The fourth-order valence-corrected chi connectivity index (χ4v) is 17.8. The lowest BCUT2D eigenvalue weighted by Crippen LogP contribution is -2.38. The molecule has 1 amide bonds. The van der Waals surface area contributed by atoms with Gasteiger partial charge in [0.25, 0.3) is 23.7 Å². The number of rotatable bonds is 27. The van der Waals surface area contributed by atoms with E-state index in [0.717, 1.165) is 125 Å². The summed E-state index contributed by atoms with van der Waals surface area (Å²) >= 11 is 0. The third kappa shape index (κ3) is 24.1. The highest BCUT2D eigenvalue weighted by atomic mass is 19.4. The van der Waals surface area contributed by atoms with Gasteiger partial charge < -0.3 is 59.2 Å². The molecule has 23 nitrogen and oxygen atoms in total. The summed E-state index contributed by atoms with van der Waals surface area (Å²) in [4.78, 5) is 62.8. The molecule has 12 heterocycles. The molecule has 132 heavy (non-hydrogen) atoms. The lowest BCUT2D eigenvalue weighted by molar-refractivity contribution is -0.140. The molecule has 3 N–H and O–H groups in total. The van der Waals surface area contributed by atoms with Crippen LogP contribution in [0.4, 0.5) is 92.0 Å². The Morgan fingerprint density at radius 1 is 0.523 bits per heavy atom. The van der Waals surface area contributed by atoms with Crippen LogP contribution in [-0.2, 0) is 68.9 Å². The second-order valence-corrected chi connectivity index (χ2v) is 34.4. The molecule has 6 aromatic heterocycles. The minimum absolute atomic E-state index is 0.0159. The van der Waals surface area contributed by atoms with Gasteiger partial charge >= 0.3 is 6.18 Å². The molecule has 6 fully saturated rings. The summed E-state index contributed by atoms with van der Waals surface area (Å²) < 4.78 is 204. The van der Waals surface area contributed by atoms with Crippen molar-refractivity contribution in [3.05, 3.63) is 255 Å². The number of likely N-dealkylation sites (N-methyl/N-ethyl adjacent to an activating group) is 1. The highest BCUT2D eigenvalue weighted by Crippen LogP contribution is 2.45. The van der Waals surface area contributed by atoms with Crippen LogP contribution < -0.4 is 35.0 Å². The Morgan fingerprint density at radius 2 is 0.932 bits per heavy atom. The Kier molecular flexibility index (Phi) is 31.9. The topological polar surface area (TPSA) is 243 Å². The van der Waals surface area contributed by atoms with Crippen LogP contribution in [-0.4, -0.2) is 151 Å². The Morgan fingerprint density at radius 3 is 1.33 bits per heavy atom. The number of aliphatic hydroxyl groups excluding tert-OH is 1. The first-order chi connectivity index (χ1) is 63.0. The number of methoxy groups -OCH3 is 2. The van der Waals surface area contributed by atoms with Crippen molar-refractivity contribution in [2.45, 2.75) is 222 Å². The van der Waals surface area contributed by atoms with Gasteiger partial charge in [0.05, 0.1) is 78.3 Å². The zero-order valence-electron chi connectivity index (χ0n) is 75.1. The third-order valence-electron chi connectivity index (χ3n) is 25.1. The monoisotopic (exact) mass is 1840 g/mol. The molecular formula is C96H110F13N17O6. The van der Waals surface area contributed by atoms with Crippen LogP contribution in [0.5, 0.6) is 5.88 Å². The van der Waals surface area contributed by atoms with E-state index in [2.05, 4.69) is 60.5 Å². The number of halogens is 13. The average molecular weight is 1850 g/mol. The number of carbonyl (C=O) groups is 1. The number of nitrogens with zero attached hydrogens (tertiary/aromatic N) is 15. The quantitative estimate of drug-likeness (QED) is 0.0405. The predicted molar refractivity (Wildman–Crippen MR) is 473 cm³/mol. The Labute approximate surface area is 758 Å². The molecule has 0 aliphatic carbocycles. The van der Waals surface area contributed by atoms with Crippen LogP contribution in [0.25, 0.3) is 0 Å². The Balaban J connectivity index is 0.000000150. The molecule has 4 aromatic carbocycles. The van der Waals surface area contributed by atoms with Gasteiger partial charge in [-0.05, 0) is 169 Å². The minimum atomic E-state index is -4.41. The summed E-state index contributed by atoms with van der Waals surface area (Å²) in [5, 5.41) is 15.7. The van der Waals surface area contributed by atoms with Crippen LogP contribution in [0.1, 0.15) is 226 Å². The maximum absolute atomic E-state index is 15.5. The van der Waals surface area contributed by atoms with Gasteiger partial charge in [0.1, 0.15) is 31.4 Å². The van der Waals surface area contributed by atoms with Gasteiger partial charge in [-0.15, -0.1) is 0 Å². The molecule has 6 saturated heterocycles. The molecule has 7 unspecified atom stereocenters. The smallest absolute Gasteiger partial charge is 0.416 e. The number of aliphatic hydroxyl groups is 1. The summed E-state index contributed by atoms with van der Waals surface area (Å²) in [5.41, 5.74) is 5.78. The highest BCUT2D eigenvalue weighted by Gasteiger charge is 2.40. The van der Waals surface area contributed by atoms with E-state index in [1.807, 2.05) is 14.7 Å². The summed E-state index contributed by atoms with van der Waals surface area (Å²) in [6.45, 7) is 10.4. The van der Waals surface area contributed by atoms with E-state index in [0.29, 0.717) is 119 Å². The van der Waals surface area contributed by atoms with Crippen LogP contribution in [0.15, 0.2) is 153 Å². The molecule has 6 aliphatic heterocycles. The largest absolute Gasteiger partial charge is 0.481 e. The summed E-state index contributed by atoms with van der Waals surface area (Å²) in [6, 6.07) is 30.2. The summed E-state index contributed by atoms with van der Waals surface area (Å²) in [7, 11) is 6.64. The van der Waals surface area contributed by atoms with Crippen LogP contribution in [0, 0.1) is 30.2 Å². The standard InChI is InChI=1S/C25H31F3N4O2.C24H25F4N5O.C24H30F3N3O2.C23H24F3N5O/c1-25(27,28)17-8-6-16(7-9-17)20-5-4-14-32(20)23-22(26)19(29-15-30-23)12-10-18-11-13-21(34-18)24(33)31(2)3;1-14-19(15(2)34)10-9-18(32-14)12-29-22-21(25)23(31-13-30-22)33-11-3-4-20(33)16-5-7-17(8-6-16)24(26,27)28;1-23(26,27)18-7-5-17(6-8-18)20-4-3-13-30(20)22-21(25)19(28-16-29-22)9-10-24(31-2)11-14-32-15-12-24;1-23(25,26)17-7-5-16(6-8-17)18-4-3-11-31(18)22-20(24)21(29-14-30-22)28-13-15-9-10-27-19(12-15)32-2/h6-9,15,18,20-21H,4-5,10-14H2,1-3H3;5-10,13,15,20,34H,3-4,11-12H2,1-2H3,(H,29,30,31);5-8,16,20H,3-4,9-15H2,1-2H3;5-10,12,14,18H,3-4,11,13H2,1-2H3,(H,28,29,30). The zero-order chi connectivity index (χ0) is 94.4. The fourth-order valence-electron chi connectivity index (χ4n) is 17.8. The molecule has 0 spiro atoms. The van der Waals surface area contributed by atoms with Crippen molar-refractivity contribution in [3.63, 3.8) is 0 Å². The van der Waals surface area contributed by atoms with Crippen molar-refractivity contribution in [3.8, 4) is 5.88 Å². The van der Waals surface area contributed by atoms with Gasteiger partial charge in [-0.3, -0.25) is 9.78 Å². The molecular weight excluding hydrogens is 1730 g/mol. The number of benzene rings is 4. The van der Waals surface area contributed by atoms with Gasteiger partial charge in [-0.25, -0.2) is 80.0 Å². The summed E-state index contributed by atoms with van der Waals surface area (Å²) in [5.74, 6) is -9.35. The van der Waals surface area contributed by atoms with E-state index in [1.165, 1.54) is 85.8 Å². The molecule has 7 atom stereocenters. The molecule has 706 valence electrons. The zero-order valence-corrected chi connectivity index (χ0v) is 75.1. The van der Waals surface area contributed by atoms with Crippen LogP contribution in [0.3, 0.4) is 0 Å². The van der Waals surface area contributed by atoms with E-state index >= 15 is 17.6 Å². The lowest BCUT2D eigenvalue weighted by atomic mass is 9.88. The average Bonchev–Trinajstić information content (AvgIpc) is 1.64. The first-order valence-corrected chi connectivity index (χ1v) is 44.3. The molecule has 0 bridgehead atoms. The fraction of sp³-hybridized carbons (Fsp3) is 0.469. The second-order valence-electron chi connectivity index (χ2n) is 34.4. The maximum Gasteiger partial charge on any atom is 0.416 e. The van der Waals surface area contributed by atoms with E-state index in [4.69, 9.17) is 18.9 Å². The van der Waals surface area contributed by atoms with E-state index in [-0.39, 0.29) is 99.9 Å². The first kappa shape index (κ1) is 98.0. The predicted octanol–water partition coefficient (Wildman–Crippen LogP) is 20.3. The number of pyridine rings is 2. The number of aromatic nitrogens is 10. The van der Waals surface area contributed by atoms with Crippen LogP contribution in [0.2, 0.25) is 0 Å². The Bertz CT molecular complexity index is 5480. The summed E-state index contributed by atoms with van der Waals surface area (Å²) in [6.07, 6.45) is 12.9. The Hall–Kier alpha value is -11.5. The number of amides is 1. The van der Waals surface area contributed by atoms with Gasteiger partial charge in [0.15, 0.2) is 46.5 Å². The van der Waals surface area contributed by atoms with Crippen molar-refractivity contribution in [2.75, 3.05) is 97.9 Å². The molecule has 6 aliphatic rings. The number of carbonyl (C=O) groups excluding carboxylic acids is 1. The second kappa shape index (κ2) is 43.0. The van der Waals surface area contributed by atoms with Crippen molar-refractivity contribution >= 4 is 40.8 Å². The van der Waals surface area contributed by atoms with E-state index in [9.17, 15) is 49.4 Å². The van der Waals surface area contributed by atoms with Gasteiger partial charge in [0, 0.05) is 128 Å². The number of aryl methyl sites for hydroxylation is 3. The van der Waals surface area contributed by atoms with Gasteiger partial charge in [-0.1, -0.05) is 91.0 Å². The third-order valence-corrected chi connectivity index (χ3v) is 25.1. The molecule has 36 heteroatoms. The number of alkyl halides is 9. The number of ether oxygens (including phenoxy) is 4. The number of nitrogens with one attached hydrogen (secondary N) is 2. The van der Waals surface area contributed by atoms with Gasteiger partial charge in [-0.2, -0.15) is 22.0 Å². The highest BCUT2D eigenvalue weighted by molar-refractivity contribution is 5.80. The number of hydrogen-bond acceptors (Lipinski definition) is 22. The molecule has 0 saturated carbocycles. The molecule has 0 radical (unpaired) electrons. The van der Waals surface area contributed by atoms with Crippen LogP contribution >= 0.6 is 0 Å². The molecule has 10 aromatic rings. The first-order valence-electron chi connectivity index (χ1n) is 44.3. The SMILES string of the molecule is CN(C)C(=O)C1CCC(CCc2ncnc(N3CCCC3c3ccc(C(C)(F)F)cc3)c2F)O1.COC1(CCc2ncnc(N3CCCC3c3ccc(C(C)(F)F)cc3)c2F)CCOCC1.COc1cc(CNc2ncnc(N3CCCC3c3ccc(C(C)(F)F)cc3)c2F)ccn1.Cc1nc(CNc2ncnc(N3CCCC3c3ccc(C(F)(F)F)cc3)c2F)ccc1C(C)O. The van der Waals surface area contributed by atoms with Crippen molar-refractivity contribution in [1.82, 2.24) is 54.7 Å². The van der Waals surface area contributed by atoms with Gasteiger partial charge in [0.2, 0.25) is 17.5 Å². The van der Waals surface area contributed by atoms with E-state index in [1.54, 1.807) is 107 Å². The lowest BCUT2D eigenvalue weighted by Gasteiger charge is -2.36. The number of hydrogen-bond donors (Lipinski definition) is 3. The maximum atomic E-state index is 15.5.